The number of piperidine rings is 1. The molecule has 0 spiro atoms. The molecule has 2 aliphatic rings. The number of nitrogens with zero attached hydrogens (tertiary/aromatic N) is 1. The highest BCUT2D eigenvalue weighted by molar-refractivity contribution is 6.25. The van der Waals surface area contributed by atoms with E-state index in [1.54, 1.807) is 46.6 Å². The number of hydrogen-bond donors (Lipinski definition) is 2. The molecule has 4 amide bonds. The van der Waals surface area contributed by atoms with E-state index >= 15 is 0 Å². The topological polar surface area (TPSA) is 169 Å². The number of nitrogens with one attached hydrogen (secondary N) is 2. The van der Waals surface area contributed by atoms with Gasteiger partial charge in [-0.25, -0.2) is 0 Å². The van der Waals surface area contributed by atoms with Gasteiger partial charge in [-0.1, -0.05) is 24.3 Å². The van der Waals surface area contributed by atoms with E-state index in [1.807, 2.05) is 42.5 Å². The van der Waals surface area contributed by atoms with Crippen molar-refractivity contribution in [2.75, 3.05) is 86.5 Å². The van der Waals surface area contributed by atoms with Gasteiger partial charge in [-0.05, 0) is 53.9 Å². The molecule has 2 N–H and O–H groups in total. The first kappa shape index (κ1) is 39.6. The number of imide groups is 2. The van der Waals surface area contributed by atoms with Crippen LogP contribution in [-0.2, 0) is 23.8 Å². The molecule has 1 unspecified atom stereocenters. The van der Waals surface area contributed by atoms with E-state index < -0.39 is 29.7 Å². The quantitative estimate of drug-likeness (QED) is 0.0917. The van der Waals surface area contributed by atoms with Gasteiger partial charge in [0.1, 0.15) is 12.6 Å². The van der Waals surface area contributed by atoms with Gasteiger partial charge in [0.15, 0.2) is 23.0 Å². The van der Waals surface area contributed by atoms with Gasteiger partial charge >= 0.3 is 0 Å². The van der Waals surface area contributed by atoms with Gasteiger partial charge in [0.2, 0.25) is 17.6 Å². The third kappa shape index (κ3) is 9.66. The molecule has 1 fully saturated rings. The molecule has 3 aromatic carbocycles. The van der Waals surface area contributed by atoms with Crippen LogP contribution < -0.4 is 34.3 Å². The monoisotopic (exact) mass is 747 g/mol. The average Bonchev–Trinajstić information content (AvgIpc) is 3.44. The second-order valence-electron chi connectivity index (χ2n) is 12.0. The van der Waals surface area contributed by atoms with E-state index in [0.717, 1.165) is 16.0 Å². The lowest BCUT2D eigenvalue weighted by Crippen LogP contribution is -2.54. The van der Waals surface area contributed by atoms with Gasteiger partial charge in [-0.2, -0.15) is 0 Å². The van der Waals surface area contributed by atoms with Gasteiger partial charge in [-0.15, -0.1) is 0 Å². The van der Waals surface area contributed by atoms with Gasteiger partial charge in [0.25, 0.3) is 11.8 Å². The predicted octanol–water partition coefficient (Wildman–Crippen LogP) is 3.83. The molecule has 288 valence electrons. The fourth-order valence-corrected chi connectivity index (χ4v) is 5.97. The lowest BCUT2D eigenvalue weighted by Gasteiger charge is -2.27. The number of ether oxygens (including phenoxy) is 8. The first-order valence-corrected chi connectivity index (χ1v) is 17.4. The van der Waals surface area contributed by atoms with Crippen LogP contribution in [0, 0.1) is 0 Å². The molecular weight excluding hydrogens is 702 g/mol. The molecule has 1 atom stereocenters. The number of hydrogen-bond acceptors (Lipinski definition) is 13. The summed E-state index contributed by atoms with van der Waals surface area (Å²) in [6.07, 6.45) is 4.04. The lowest BCUT2D eigenvalue weighted by atomic mass is 10.0. The van der Waals surface area contributed by atoms with Crippen molar-refractivity contribution < 1.29 is 57.1 Å². The zero-order valence-electron chi connectivity index (χ0n) is 30.8. The zero-order chi connectivity index (χ0) is 38.5. The molecule has 0 bridgehead atoms. The second kappa shape index (κ2) is 19.4. The summed E-state index contributed by atoms with van der Waals surface area (Å²) in [5.41, 5.74) is 2.66. The van der Waals surface area contributed by atoms with Crippen molar-refractivity contribution in [2.24, 2.45) is 0 Å². The fraction of sp³-hybridized carbons (Fsp3) is 0.385. The third-order valence-corrected chi connectivity index (χ3v) is 8.60. The Morgan fingerprint density at radius 1 is 0.704 bits per heavy atom. The Morgan fingerprint density at radius 3 is 1.98 bits per heavy atom. The number of carbonyl (C=O) groups excluding carboxylic acids is 4. The van der Waals surface area contributed by atoms with E-state index in [2.05, 4.69) is 10.6 Å². The van der Waals surface area contributed by atoms with Gasteiger partial charge in [-0.3, -0.25) is 29.4 Å². The molecule has 0 aromatic heterocycles. The summed E-state index contributed by atoms with van der Waals surface area (Å²) in [6, 6.07) is 13.3. The number of carbonyl (C=O) groups is 4. The summed E-state index contributed by atoms with van der Waals surface area (Å²) in [6.45, 7) is 2.82. The van der Waals surface area contributed by atoms with Crippen LogP contribution in [0.5, 0.6) is 28.7 Å². The standard InChI is InChI=1S/C39H45N3O12/c1-47-30-12-10-25(8-9-26-23-32(48-2)36(50-4)33(24-26)49-3)22-31(30)54-21-20-53-19-18-52-17-16-51-15-14-40-28-7-5-6-27-35(28)39(46)42(38(27)45)29-11-13-34(43)41-37(29)44/h5-10,12,22-24,29,40H,11,13-21H2,1-4H3,(H,41,43,44)/b9-8-. The molecule has 15 heteroatoms. The summed E-state index contributed by atoms with van der Waals surface area (Å²) < 4.78 is 44.6. The average molecular weight is 748 g/mol. The first-order valence-electron chi connectivity index (χ1n) is 17.4. The Hall–Kier alpha value is -5.64. The fourth-order valence-electron chi connectivity index (χ4n) is 5.97. The maximum atomic E-state index is 13.2. The Balaban J connectivity index is 0.958. The van der Waals surface area contributed by atoms with E-state index in [4.69, 9.17) is 37.9 Å². The molecule has 5 rings (SSSR count). The molecule has 15 nitrogen and oxygen atoms in total. The van der Waals surface area contributed by atoms with Crippen molar-refractivity contribution in [3.8, 4) is 28.7 Å². The van der Waals surface area contributed by atoms with E-state index in [-0.39, 0.29) is 24.0 Å². The highest BCUT2D eigenvalue weighted by Gasteiger charge is 2.45. The van der Waals surface area contributed by atoms with Crippen LogP contribution in [0.2, 0.25) is 0 Å². The summed E-state index contributed by atoms with van der Waals surface area (Å²) in [4.78, 5) is 51.0. The van der Waals surface area contributed by atoms with Crippen LogP contribution >= 0.6 is 0 Å². The number of anilines is 1. The second-order valence-corrected chi connectivity index (χ2v) is 12.0. The predicted molar refractivity (Wildman–Crippen MR) is 198 cm³/mol. The number of benzene rings is 3. The molecule has 3 aromatic rings. The molecule has 54 heavy (non-hydrogen) atoms. The van der Waals surface area contributed by atoms with E-state index in [9.17, 15) is 19.2 Å². The highest BCUT2D eigenvalue weighted by atomic mass is 16.6. The van der Waals surface area contributed by atoms with Crippen molar-refractivity contribution in [3.05, 3.63) is 70.8 Å². The molecule has 2 aliphatic heterocycles. The summed E-state index contributed by atoms with van der Waals surface area (Å²) in [7, 11) is 6.30. The Bertz CT molecular complexity index is 1820. The van der Waals surface area contributed by atoms with Crippen LogP contribution in [0.1, 0.15) is 44.7 Å². The number of rotatable bonds is 21. The first-order chi connectivity index (χ1) is 26.3. The van der Waals surface area contributed by atoms with Gasteiger partial charge in [0.05, 0.1) is 79.2 Å². The summed E-state index contributed by atoms with van der Waals surface area (Å²) in [5, 5.41) is 5.34. The van der Waals surface area contributed by atoms with Crippen LogP contribution in [0.3, 0.4) is 0 Å². The van der Waals surface area contributed by atoms with E-state index in [0.29, 0.717) is 87.2 Å². The lowest BCUT2D eigenvalue weighted by molar-refractivity contribution is -0.136. The van der Waals surface area contributed by atoms with Crippen LogP contribution in [0.25, 0.3) is 12.2 Å². The minimum Gasteiger partial charge on any atom is -0.493 e. The molecule has 0 saturated carbocycles. The van der Waals surface area contributed by atoms with Crippen LogP contribution in [0.15, 0.2) is 48.5 Å². The Kier molecular flexibility index (Phi) is 14.2. The molecule has 1 saturated heterocycles. The molecule has 2 heterocycles. The normalized spacial score (nSPS) is 15.3. The van der Waals surface area contributed by atoms with Crippen molar-refractivity contribution in [1.29, 1.82) is 0 Å². The SMILES string of the molecule is COc1ccc(/C=C\c2cc(OC)c(OC)c(OC)c2)cc1OCCOCCOCCOCCNc1cccc2c1C(=O)N(C1CCC(=O)NC1=O)C2=O. The molecule has 0 radical (unpaired) electrons. The van der Waals surface area contributed by atoms with Gasteiger partial charge in [0, 0.05) is 18.7 Å². The zero-order valence-corrected chi connectivity index (χ0v) is 30.8. The number of methoxy groups -OCH3 is 4. The van der Waals surface area contributed by atoms with E-state index in [1.165, 1.54) is 0 Å². The van der Waals surface area contributed by atoms with Crippen molar-refractivity contribution >= 4 is 41.5 Å². The maximum Gasteiger partial charge on any atom is 0.264 e. The van der Waals surface area contributed by atoms with Crippen molar-refractivity contribution in [3.63, 3.8) is 0 Å². The number of fused-ring (bicyclic) bond motifs is 1. The highest BCUT2D eigenvalue weighted by Crippen LogP contribution is 2.39. The van der Waals surface area contributed by atoms with Gasteiger partial charge < -0.3 is 43.2 Å². The third-order valence-electron chi connectivity index (χ3n) is 8.60. The number of amides is 4. The minimum atomic E-state index is -1.02. The minimum absolute atomic E-state index is 0.0603. The summed E-state index contributed by atoms with van der Waals surface area (Å²) in [5.74, 6) is 0.657. The molecule has 0 aliphatic carbocycles. The van der Waals surface area contributed by atoms with Crippen molar-refractivity contribution in [2.45, 2.75) is 18.9 Å². The maximum absolute atomic E-state index is 13.2. The Morgan fingerprint density at radius 2 is 1.33 bits per heavy atom. The van der Waals surface area contributed by atoms with Crippen LogP contribution in [-0.4, -0.2) is 116 Å². The smallest absolute Gasteiger partial charge is 0.264 e. The summed E-state index contributed by atoms with van der Waals surface area (Å²) >= 11 is 0. The molecular formula is C39H45N3O12. The van der Waals surface area contributed by atoms with Crippen molar-refractivity contribution in [1.82, 2.24) is 10.2 Å². The largest absolute Gasteiger partial charge is 0.493 e. The van der Waals surface area contributed by atoms with Crippen LogP contribution in [0.4, 0.5) is 5.69 Å². The Labute approximate surface area is 313 Å².